The van der Waals surface area contributed by atoms with E-state index in [1.807, 2.05) is 6.07 Å². The number of fused-ring (bicyclic) bond motifs is 1. The number of aromatic nitrogens is 5. The summed E-state index contributed by atoms with van der Waals surface area (Å²) >= 11 is 2.43. The Labute approximate surface area is 185 Å². The number of ether oxygens (including phenoxy) is 3. The van der Waals surface area contributed by atoms with Gasteiger partial charge in [-0.15, -0.1) is 16.4 Å². The van der Waals surface area contributed by atoms with Crippen molar-refractivity contribution in [1.29, 1.82) is 0 Å². The number of nitrogens with zero attached hydrogens (tertiary/aromatic N) is 5. The van der Waals surface area contributed by atoms with Gasteiger partial charge in [-0.25, -0.2) is 4.98 Å². The molecule has 1 aliphatic rings. The van der Waals surface area contributed by atoms with Crippen molar-refractivity contribution < 1.29 is 23.8 Å². The molecular weight excluding hydrogens is 444 g/mol. The van der Waals surface area contributed by atoms with Crippen LogP contribution in [0.2, 0.25) is 0 Å². The quantitative estimate of drug-likeness (QED) is 0.390. The van der Waals surface area contributed by atoms with Gasteiger partial charge < -0.3 is 19.5 Å². The number of nitrogens with one attached hydrogen (secondary N) is 1. The second-order valence-electron chi connectivity index (χ2n) is 6.16. The number of carbonyl (C=O) groups is 2. The number of hydrogen-bond acceptors (Lipinski definition) is 11. The Morgan fingerprint density at radius 3 is 2.97 bits per heavy atom. The zero-order valence-corrected chi connectivity index (χ0v) is 18.1. The van der Waals surface area contributed by atoms with Gasteiger partial charge in [-0.3, -0.25) is 9.59 Å². The van der Waals surface area contributed by atoms with Crippen LogP contribution in [0.25, 0.3) is 5.69 Å². The molecule has 13 heteroatoms. The van der Waals surface area contributed by atoms with Crippen LogP contribution >= 0.6 is 23.1 Å². The van der Waals surface area contributed by atoms with Crippen LogP contribution in [0.4, 0.5) is 5.13 Å². The summed E-state index contributed by atoms with van der Waals surface area (Å²) in [5, 5.41) is 17.0. The molecule has 1 N–H and O–H groups in total. The topological polar surface area (TPSA) is 130 Å². The number of amides is 1. The minimum absolute atomic E-state index is 0.0687. The average molecular weight is 463 g/mol. The number of hydrogen-bond donors (Lipinski definition) is 1. The maximum absolute atomic E-state index is 12.3. The number of rotatable bonds is 8. The van der Waals surface area contributed by atoms with E-state index in [9.17, 15) is 9.59 Å². The highest BCUT2D eigenvalue weighted by Gasteiger charge is 2.17. The minimum Gasteiger partial charge on any atom is -0.486 e. The lowest BCUT2D eigenvalue weighted by molar-refractivity contribution is -0.142. The highest BCUT2D eigenvalue weighted by molar-refractivity contribution is 7.99. The van der Waals surface area contributed by atoms with Crippen LogP contribution < -0.4 is 14.8 Å². The summed E-state index contributed by atoms with van der Waals surface area (Å²) < 4.78 is 17.5. The zero-order valence-electron chi connectivity index (χ0n) is 16.4. The second-order valence-corrected chi connectivity index (χ2v) is 7.96. The van der Waals surface area contributed by atoms with E-state index < -0.39 is 0 Å². The first kappa shape index (κ1) is 21.1. The molecule has 2 aromatic heterocycles. The van der Waals surface area contributed by atoms with Crippen molar-refractivity contribution in [2.45, 2.75) is 18.5 Å². The van der Waals surface area contributed by atoms with Gasteiger partial charge in [0.15, 0.2) is 16.6 Å². The maximum atomic E-state index is 12.3. The largest absolute Gasteiger partial charge is 0.486 e. The summed E-state index contributed by atoms with van der Waals surface area (Å²) in [6.45, 7) is 3.05. The summed E-state index contributed by atoms with van der Waals surface area (Å²) in [5.41, 5.74) is 1.25. The van der Waals surface area contributed by atoms with Gasteiger partial charge >= 0.3 is 5.97 Å². The Hall–Kier alpha value is -3.19. The van der Waals surface area contributed by atoms with E-state index in [-0.39, 0.29) is 24.1 Å². The fraction of sp³-hybridized carbons (Fsp3) is 0.333. The van der Waals surface area contributed by atoms with Gasteiger partial charge in [0.05, 0.1) is 30.2 Å². The minimum atomic E-state index is -0.354. The van der Waals surface area contributed by atoms with Gasteiger partial charge in [0.25, 0.3) is 0 Å². The lowest BCUT2D eigenvalue weighted by atomic mass is 10.2. The highest BCUT2D eigenvalue weighted by Crippen LogP contribution is 2.32. The summed E-state index contributed by atoms with van der Waals surface area (Å²) in [4.78, 5) is 28.1. The van der Waals surface area contributed by atoms with E-state index in [2.05, 4.69) is 25.8 Å². The Balaban J connectivity index is 1.34. The second kappa shape index (κ2) is 9.75. The van der Waals surface area contributed by atoms with Crippen molar-refractivity contribution in [3.63, 3.8) is 0 Å². The molecule has 4 rings (SSSR count). The molecule has 0 spiro atoms. The molecule has 0 bridgehead atoms. The first-order valence-electron chi connectivity index (χ1n) is 9.33. The highest BCUT2D eigenvalue weighted by atomic mass is 32.2. The number of esters is 1. The first-order valence-corrected chi connectivity index (χ1v) is 11.2. The van der Waals surface area contributed by atoms with Crippen molar-refractivity contribution in [2.75, 3.05) is 30.9 Å². The molecule has 1 aliphatic heterocycles. The molecule has 0 radical (unpaired) electrons. The molecule has 1 aromatic carbocycles. The van der Waals surface area contributed by atoms with Gasteiger partial charge in [0.2, 0.25) is 11.1 Å². The molecular formula is C18H18N6O5S2. The van der Waals surface area contributed by atoms with Gasteiger partial charge in [0.1, 0.15) is 13.2 Å². The van der Waals surface area contributed by atoms with E-state index in [1.54, 1.807) is 24.4 Å². The Morgan fingerprint density at radius 1 is 1.29 bits per heavy atom. The molecule has 0 aliphatic carbocycles. The molecule has 0 fully saturated rings. The van der Waals surface area contributed by atoms with Gasteiger partial charge in [0, 0.05) is 11.4 Å². The Bertz CT molecular complexity index is 1090. The normalized spacial score (nSPS) is 12.4. The van der Waals surface area contributed by atoms with Crippen molar-refractivity contribution in [3.8, 4) is 17.2 Å². The Kier molecular flexibility index (Phi) is 6.62. The van der Waals surface area contributed by atoms with Crippen LogP contribution in [0.1, 0.15) is 12.6 Å². The van der Waals surface area contributed by atoms with Gasteiger partial charge in [-0.2, -0.15) is 4.68 Å². The summed E-state index contributed by atoms with van der Waals surface area (Å²) in [7, 11) is 0. The van der Waals surface area contributed by atoms with Crippen molar-refractivity contribution in [3.05, 3.63) is 29.3 Å². The van der Waals surface area contributed by atoms with E-state index in [0.29, 0.717) is 53.0 Å². The van der Waals surface area contributed by atoms with Crippen molar-refractivity contribution in [2.24, 2.45) is 0 Å². The molecule has 162 valence electrons. The maximum Gasteiger partial charge on any atom is 0.311 e. The molecule has 1 amide bonds. The molecule has 3 aromatic rings. The molecule has 0 saturated heterocycles. The zero-order chi connectivity index (χ0) is 21.6. The van der Waals surface area contributed by atoms with Crippen molar-refractivity contribution >= 4 is 40.1 Å². The number of benzene rings is 1. The molecule has 31 heavy (non-hydrogen) atoms. The molecule has 3 heterocycles. The van der Waals surface area contributed by atoms with Crippen molar-refractivity contribution in [1.82, 2.24) is 25.2 Å². The Morgan fingerprint density at radius 2 is 2.13 bits per heavy atom. The van der Waals surface area contributed by atoms with E-state index in [4.69, 9.17) is 14.2 Å². The standard InChI is InChI=1S/C18H18N6O5S2/c1-2-27-16(26)7-11-9-30-17(19-11)20-15(25)10-31-18-21-22-23-24(18)12-3-4-13-14(8-12)29-6-5-28-13/h3-4,8-9H,2,5-7,10H2,1H3,(H,19,20,25). The van der Waals surface area contributed by atoms with Crippen LogP contribution in [0.5, 0.6) is 11.5 Å². The number of carbonyl (C=O) groups excluding carboxylic acids is 2. The average Bonchev–Trinajstić information content (AvgIpc) is 3.41. The lowest BCUT2D eigenvalue weighted by Gasteiger charge is -2.18. The predicted octanol–water partition coefficient (Wildman–Crippen LogP) is 1.73. The van der Waals surface area contributed by atoms with Gasteiger partial charge in [-0.05, 0) is 29.5 Å². The van der Waals surface area contributed by atoms with E-state index in [1.165, 1.54) is 27.8 Å². The summed E-state index contributed by atoms with van der Waals surface area (Å²) in [6.07, 6.45) is 0.0687. The predicted molar refractivity (Wildman–Crippen MR) is 112 cm³/mol. The lowest BCUT2D eigenvalue weighted by Crippen LogP contribution is -2.16. The van der Waals surface area contributed by atoms with Crippen LogP contribution in [0, 0.1) is 0 Å². The van der Waals surface area contributed by atoms with Crippen LogP contribution in [0.15, 0.2) is 28.7 Å². The van der Waals surface area contributed by atoms with Gasteiger partial charge in [-0.1, -0.05) is 11.8 Å². The van der Waals surface area contributed by atoms with E-state index >= 15 is 0 Å². The molecule has 0 unspecified atom stereocenters. The number of thiazole rings is 1. The third kappa shape index (κ3) is 5.30. The van der Waals surface area contributed by atoms with E-state index in [0.717, 1.165) is 0 Å². The number of thioether (sulfide) groups is 1. The first-order chi connectivity index (χ1) is 15.1. The smallest absolute Gasteiger partial charge is 0.311 e. The summed E-state index contributed by atoms with van der Waals surface area (Å²) in [6, 6.07) is 5.40. The summed E-state index contributed by atoms with van der Waals surface area (Å²) in [5.74, 6) is 0.751. The SMILES string of the molecule is CCOC(=O)Cc1csc(NC(=O)CSc2nnnn2-c2ccc3c(c2)OCCO3)n1. The molecule has 0 saturated carbocycles. The van der Waals surface area contributed by atoms with Crippen LogP contribution in [-0.4, -0.2) is 62.6 Å². The third-order valence-corrected chi connectivity index (χ3v) is 5.70. The van der Waals surface area contributed by atoms with Crippen LogP contribution in [0.3, 0.4) is 0 Å². The fourth-order valence-corrected chi connectivity index (χ4v) is 4.10. The third-order valence-electron chi connectivity index (χ3n) is 3.97. The number of anilines is 1. The van der Waals surface area contributed by atoms with Crippen LogP contribution in [-0.2, 0) is 20.7 Å². The fourth-order valence-electron chi connectivity index (χ4n) is 2.69. The molecule has 0 atom stereocenters. The monoisotopic (exact) mass is 462 g/mol. The molecule has 11 nitrogen and oxygen atoms in total. The number of tetrazole rings is 1.